The Balaban J connectivity index is 2.47. The van der Waals surface area contributed by atoms with Crippen LogP contribution in [0.15, 0.2) is 18.2 Å². The normalized spacial score (nSPS) is 11.4. The molecule has 0 unspecified atom stereocenters. The standard InChI is InChI=1S/C17H29N3O5S/c1-5-20(6-2)11-9-19-26(22,23)12-10-18-17(21)14-7-8-15(24-3)16(13-14)25-4/h7-8,13,19H,5-6,9-12H2,1-4H3,(H,18,21)/p+1. The van der Waals surface area contributed by atoms with E-state index in [-0.39, 0.29) is 18.2 Å². The van der Waals surface area contributed by atoms with Gasteiger partial charge in [0, 0.05) is 12.1 Å². The van der Waals surface area contributed by atoms with Gasteiger partial charge in [-0.15, -0.1) is 0 Å². The summed E-state index contributed by atoms with van der Waals surface area (Å²) >= 11 is 0. The molecule has 9 heteroatoms. The van der Waals surface area contributed by atoms with Gasteiger partial charge in [-0.2, -0.15) is 0 Å². The van der Waals surface area contributed by atoms with Crippen molar-refractivity contribution < 1.29 is 27.6 Å². The predicted octanol–water partition coefficient (Wildman–Crippen LogP) is -0.722. The summed E-state index contributed by atoms with van der Waals surface area (Å²) in [4.78, 5) is 13.5. The first-order valence-electron chi connectivity index (χ1n) is 8.68. The Morgan fingerprint density at radius 2 is 1.73 bits per heavy atom. The van der Waals surface area contributed by atoms with Gasteiger partial charge in [-0.3, -0.25) is 4.79 Å². The van der Waals surface area contributed by atoms with E-state index in [1.807, 2.05) is 0 Å². The van der Waals surface area contributed by atoms with Crippen LogP contribution in [0, 0.1) is 0 Å². The zero-order chi connectivity index (χ0) is 19.6. The minimum atomic E-state index is -3.42. The quantitative estimate of drug-likeness (QED) is 0.439. The van der Waals surface area contributed by atoms with Crippen LogP contribution in [0.5, 0.6) is 11.5 Å². The molecular weight excluding hydrogens is 358 g/mol. The van der Waals surface area contributed by atoms with Crippen molar-refractivity contribution in [3.05, 3.63) is 23.8 Å². The fraction of sp³-hybridized carbons (Fsp3) is 0.588. The lowest BCUT2D eigenvalue weighted by molar-refractivity contribution is -0.895. The van der Waals surface area contributed by atoms with E-state index in [1.165, 1.54) is 19.1 Å². The molecule has 0 aromatic heterocycles. The maximum absolute atomic E-state index is 12.2. The summed E-state index contributed by atoms with van der Waals surface area (Å²) in [5, 5.41) is 2.61. The van der Waals surface area contributed by atoms with Crippen molar-refractivity contribution in [2.45, 2.75) is 13.8 Å². The summed E-state index contributed by atoms with van der Waals surface area (Å²) in [6.45, 7) is 7.21. The second-order valence-electron chi connectivity index (χ2n) is 5.75. The number of methoxy groups -OCH3 is 2. The first-order valence-corrected chi connectivity index (χ1v) is 10.3. The van der Waals surface area contributed by atoms with Crippen LogP contribution in [-0.2, 0) is 10.0 Å². The molecule has 0 aliphatic heterocycles. The molecule has 0 aliphatic carbocycles. The molecule has 0 saturated carbocycles. The number of likely N-dealkylation sites (N-methyl/N-ethyl adjacent to an activating group) is 1. The van der Waals surface area contributed by atoms with Gasteiger partial charge in [0.1, 0.15) is 0 Å². The SMILES string of the molecule is CC[NH+](CC)CCNS(=O)(=O)CCNC(=O)c1ccc(OC)c(OC)c1. The van der Waals surface area contributed by atoms with Crippen molar-refractivity contribution in [1.29, 1.82) is 0 Å². The fourth-order valence-corrected chi connectivity index (χ4v) is 3.37. The fourth-order valence-electron chi connectivity index (χ4n) is 2.44. The molecule has 1 rings (SSSR count). The number of amides is 1. The van der Waals surface area contributed by atoms with Crippen molar-refractivity contribution in [2.24, 2.45) is 0 Å². The molecular formula is C17H30N3O5S+. The number of carbonyl (C=O) groups excluding carboxylic acids is 1. The van der Waals surface area contributed by atoms with Crippen molar-refractivity contribution in [3.8, 4) is 11.5 Å². The van der Waals surface area contributed by atoms with E-state index in [1.54, 1.807) is 18.2 Å². The Hall–Kier alpha value is -1.84. The summed E-state index contributed by atoms with van der Waals surface area (Å²) < 4.78 is 36.8. The highest BCUT2D eigenvalue weighted by molar-refractivity contribution is 7.89. The summed E-state index contributed by atoms with van der Waals surface area (Å²) in [5.74, 6) is 0.424. The lowest BCUT2D eigenvalue weighted by Gasteiger charge is -2.15. The number of quaternary nitrogens is 1. The molecule has 1 aromatic carbocycles. The average molecular weight is 389 g/mol. The third kappa shape index (κ3) is 7.19. The molecule has 8 nitrogen and oxygen atoms in total. The molecule has 1 aromatic rings. The maximum Gasteiger partial charge on any atom is 0.251 e. The van der Waals surface area contributed by atoms with E-state index < -0.39 is 10.0 Å². The largest absolute Gasteiger partial charge is 0.493 e. The number of ether oxygens (including phenoxy) is 2. The summed E-state index contributed by atoms with van der Waals surface area (Å²) in [5.41, 5.74) is 0.373. The van der Waals surface area contributed by atoms with Crippen molar-refractivity contribution in [2.75, 3.05) is 52.7 Å². The van der Waals surface area contributed by atoms with E-state index in [0.717, 1.165) is 19.6 Å². The van der Waals surface area contributed by atoms with Crippen LogP contribution in [0.4, 0.5) is 0 Å². The topological polar surface area (TPSA) is 98.2 Å². The number of nitrogens with one attached hydrogen (secondary N) is 3. The number of hydrogen-bond acceptors (Lipinski definition) is 5. The van der Waals surface area contributed by atoms with E-state index >= 15 is 0 Å². The molecule has 26 heavy (non-hydrogen) atoms. The van der Waals surface area contributed by atoms with E-state index in [2.05, 4.69) is 23.9 Å². The average Bonchev–Trinajstić information content (AvgIpc) is 2.64. The molecule has 148 valence electrons. The zero-order valence-electron chi connectivity index (χ0n) is 15.9. The molecule has 0 radical (unpaired) electrons. The van der Waals surface area contributed by atoms with Crippen LogP contribution >= 0.6 is 0 Å². The Morgan fingerprint density at radius 3 is 2.31 bits per heavy atom. The van der Waals surface area contributed by atoms with Gasteiger partial charge in [-0.1, -0.05) is 0 Å². The third-order valence-corrected chi connectivity index (χ3v) is 5.49. The maximum atomic E-state index is 12.2. The van der Waals surface area contributed by atoms with Crippen LogP contribution in [0.25, 0.3) is 0 Å². The molecule has 0 saturated heterocycles. The van der Waals surface area contributed by atoms with Crippen LogP contribution in [-0.4, -0.2) is 67.0 Å². The number of hydrogen-bond donors (Lipinski definition) is 3. The summed E-state index contributed by atoms with van der Waals surface area (Å²) in [6.07, 6.45) is 0. The molecule has 0 fully saturated rings. The highest BCUT2D eigenvalue weighted by Gasteiger charge is 2.14. The summed E-state index contributed by atoms with van der Waals surface area (Å²) in [7, 11) is -0.423. The molecule has 0 aliphatic rings. The Morgan fingerprint density at radius 1 is 1.08 bits per heavy atom. The smallest absolute Gasteiger partial charge is 0.251 e. The zero-order valence-corrected chi connectivity index (χ0v) is 16.7. The Labute approximate surface area is 155 Å². The van der Waals surface area contributed by atoms with Gasteiger partial charge in [-0.25, -0.2) is 13.1 Å². The lowest BCUT2D eigenvalue weighted by Crippen LogP contribution is -3.12. The number of benzene rings is 1. The van der Waals surface area contributed by atoms with Crippen LogP contribution < -0.4 is 24.4 Å². The molecule has 3 N–H and O–H groups in total. The van der Waals surface area contributed by atoms with Crippen molar-refractivity contribution in [3.63, 3.8) is 0 Å². The van der Waals surface area contributed by atoms with Crippen LogP contribution in [0.1, 0.15) is 24.2 Å². The summed E-state index contributed by atoms with van der Waals surface area (Å²) in [6, 6.07) is 4.77. The molecule has 0 atom stereocenters. The van der Waals surface area contributed by atoms with E-state index in [4.69, 9.17) is 9.47 Å². The van der Waals surface area contributed by atoms with E-state index in [9.17, 15) is 13.2 Å². The van der Waals surface area contributed by atoms with Gasteiger partial charge >= 0.3 is 0 Å². The van der Waals surface area contributed by atoms with Crippen molar-refractivity contribution in [1.82, 2.24) is 10.0 Å². The third-order valence-electron chi connectivity index (χ3n) is 4.10. The van der Waals surface area contributed by atoms with Gasteiger partial charge in [-0.05, 0) is 32.0 Å². The van der Waals surface area contributed by atoms with Gasteiger partial charge < -0.3 is 19.7 Å². The highest BCUT2D eigenvalue weighted by Crippen LogP contribution is 2.27. The first kappa shape index (κ1) is 22.2. The van der Waals surface area contributed by atoms with Gasteiger partial charge in [0.05, 0.1) is 46.2 Å². The monoisotopic (exact) mass is 388 g/mol. The number of rotatable bonds is 12. The molecule has 0 heterocycles. The predicted molar refractivity (Wildman–Crippen MR) is 101 cm³/mol. The van der Waals surface area contributed by atoms with E-state index in [0.29, 0.717) is 23.6 Å². The van der Waals surface area contributed by atoms with Crippen molar-refractivity contribution >= 4 is 15.9 Å². The van der Waals surface area contributed by atoms with Gasteiger partial charge in [0.15, 0.2) is 11.5 Å². The second kappa shape index (κ2) is 11.0. The van der Waals surface area contributed by atoms with Gasteiger partial charge in [0.25, 0.3) is 5.91 Å². The Kier molecular flexibility index (Phi) is 9.39. The second-order valence-corrected chi connectivity index (χ2v) is 7.67. The first-order chi connectivity index (χ1) is 12.4. The molecule has 0 spiro atoms. The number of sulfonamides is 1. The lowest BCUT2D eigenvalue weighted by atomic mass is 10.2. The van der Waals surface area contributed by atoms with Crippen LogP contribution in [0.3, 0.4) is 0 Å². The molecule has 0 bridgehead atoms. The molecule has 1 amide bonds. The van der Waals surface area contributed by atoms with Crippen LogP contribution in [0.2, 0.25) is 0 Å². The minimum Gasteiger partial charge on any atom is -0.493 e. The van der Waals surface area contributed by atoms with Gasteiger partial charge in [0.2, 0.25) is 10.0 Å². The number of carbonyl (C=O) groups is 1. The minimum absolute atomic E-state index is 0.0284. The Bertz CT molecular complexity index is 675. The highest BCUT2D eigenvalue weighted by atomic mass is 32.2.